The van der Waals surface area contributed by atoms with Gasteiger partial charge in [0.2, 0.25) is 0 Å². The number of nitriles is 1. The van der Waals surface area contributed by atoms with Gasteiger partial charge in [0.05, 0.1) is 19.2 Å². The van der Waals surface area contributed by atoms with Crippen LogP contribution in [0.1, 0.15) is 12.8 Å². The van der Waals surface area contributed by atoms with Gasteiger partial charge in [0, 0.05) is 12.6 Å². The van der Waals surface area contributed by atoms with Gasteiger partial charge in [-0.05, 0) is 12.8 Å². The highest BCUT2D eigenvalue weighted by molar-refractivity contribution is 5.81. The van der Waals surface area contributed by atoms with Gasteiger partial charge in [0.25, 0.3) is 0 Å². The Bertz CT molecular complexity index is 388. The Morgan fingerprint density at radius 2 is 2.22 bits per heavy atom. The van der Waals surface area contributed by atoms with Crippen molar-refractivity contribution in [2.24, 2.45) is 0 Å². The van der Waals surface area contributed by atoms with Gasteiger partial charge in [0.15, 0.2) is 6.10 Å². The number of nitrogens with zero attached hydrogens (tertiary/aromatic N) is 3. The molecular formula is C11H15N3O4. The number of carboxylic acids is 1. The summed E-state index contributed by atoms with van der Waals surface area (Å²) in [5.74, 6) is -1.01. The Kier molecular flexibility index (Phi) is 3.67. The lowest BCUT2D eigenvalue weighted by Crippen LogP contribution is -2.52. The van der Waals surface area contributed by atoms with Crippen molar-refractivity contribution in [1.82, 2.24) is 9.80 Å². The van der Waals surface area contributed by atoms with Gasteiger partial charge < -0.3 is 19.6 Å². The average molecular weight is 253 g/mol. The van der Waals surface area contributed by atoms with Gasteiger partial charge in [0.1, 0.15) is 6.54 Å². The molecule has 0 aromatic heterocycles. The Labute approximate surface area is 105 Å². The molecule has 2 fully saturated rings. The third kappa shape index (κ3) is 2.90. The van der Waals surface area contributed by atoms with Crippen LogP contribution in [0.25, 0.3) is 0 Å². The molecule has 0 radical (unpaired) electrons. The third-order valence-corrected chi connectivity index (χ3v) is 3.02. The quantitative estimate of drug-likeness (QED) is 0.756. The van der Waals surface area contributed by atoms with Gasteiger partial charge in [-0.25, -0.2) is 4.79 Å². The van der Waals surface area contributed by atoms with E-state index >= 15 is 0 Å². The number of hydrogen-bond donors (Lipinski definition) is 1. The molecule has 0 bridgehead atoms. The molecule has 2 amide bonds. The first-order chi connectivity index (χ1) is 8.61. The molecule has 7 heteroatoms. The molecule has 1 heterocycles. The molecule has 2 rings (SSSR count). The number of urea groups is 1. The van der Waals surface area contributed by atoms with Crippen molar-refractivity contribution < 1.29 is 19.4 Å². The first kappa shape index (κ1) is 12.6. The predicted molar refractivity (Wildman–Crippen MR) is 59.7 cm³/mol. The predicted octanol–water partition coefficient (Wildman–Crippen LogP) is -0.120. The number of rotatable bonds is 3. The van der Waals surface area contributed by atoms with Crippen LogP contribution in [-0.4, -0.2) is 65.3 Å². The number of amides is 2. The van der Waals surface area contributed by atoms with Crippen LogP contribution < -0.4 is 0 Å². The number of carbonyl (C=O) groups excluding carboxylic acids is 1. The minimum absolute atomic E-state index is 0.0389. The number of morpholine rings is 1. The molecule has 1 saturated carbocycles. The average Bonchev–Trinajstić information content (AvgIpc) is 3.19. The summed E-state index contributed by atoms with van der Waals surface area (Å²) in [6.45, 7) is 0.644. The minimum atomic E-state index is -1.01. The zero-order valence-electron chi connectivity index (χ0n) is 9.91. The number of hydrogen-bond acceptors (Lipinski definition) is 4. The van der Waals surface area contributed by atoms with Crippen molar-refractivity contribution in [2.45, 2.75) is 25.0 Å². The zero-order chi connectivity index (χ0) is 13.1. The van der Waals surface area contributed by atoms with E-state index in [1.807, 2.05) is 6.07 Å². The maximum Gasteiger partial charge on any atom is 0.323 e. The van der Waals surface area contributed by atoms with E-state index in [0.29, 0.717) is 13.2 Å². The number of carboxylic acid groups (broad SMARTS) is 1. The Hall–Kier alpha value is -1.81. The van der Waals surface area contributed by atoms with E-state index < -0.39 is 12.1 Å². The molecule has 7 nitrogen and oxygen atoms in total. The van der Waals surface area contributed by atoms with Crippen LogP contribution >= 0.6 is 0 Å². The van der Waals surface area contributed by atoms with Crippen LogP contribution in [-0.2, 0) is 9.53 Å². The normalized spacial score (nSPS) is 23.3. The van der Waals surface area contributed by atoms with E-state index in [9.17, 15) is 9.59 Å². The summed E-state index contributed by atoms with van der Waals surface area (Å²) < 4.78 is 5.15. The SMILES string of the molecule is N#CC1CN(C(=O)N(CC(=O)O)C2CC2)CCO1. The Morgan fingerprint density at radius 3 is 2.78 bits per heavy atom. The fraction of sp³-hybridized carbons (Fsp3) is 0.727. The molecule has 1 atom stereocenters. The molecule has 1 aliphatic heterocycles. The zero-order valence-corrected chi connectivity index (χ0v) is 9.91. The summed E-state index contributed by atoms with van der Waals surface area (Å²) >= 11 is 0. The highest BCUT2D eigenvalue weighted by Crippen LogP contribution is 2.27. The van der Waals surface area contributed by atoms with Crippen LogP contribution in [0.2, 0.25) is 0 Å². The summed E-state index contributed by atoms with van der Waals surface area (Å²) in [7, 11) is 0. The van der Waals surface area contributed by atoms with Crippen LogP contribution in [0.4, 0.5) is 4.79 Å². The number of ether oxygens (including phenoxy) is 1. The molecule has 0 spiro atoms. The summed E-state index contributed by atoms with van der Waals surface area (Å²) in [4.78, 5) is 25.8. The van der Waals surface area contributed by atoms with Crippen molar-refractivity contribution in [2.75, 3.05) is 26.2 Å². The van der Waals surface area contributed by atoms with E-state index in [1.165, 1.54) is 9.80 Å². The fourth-order valence-corrected chi connectivity index (χ4v) is 1.97. The lowest BCUT2D eigenvalue weighted by molar-refractivity contribution is -0.138. The first-order valence-corrected chi connectivity index (χ1v) is 5.90. The second kappa shape index (κ2) is 5.23. The molecule has 2 aliphatic rings. The second-order valence-electron chi connectivity index (χ2n) is 4.47. The van der Waals surface area contributed by atoms with Gasteiger partial charge >= 0.3 is 12.0 Å². The van der Waals surface area contributed by atoms with Crippen molar-refractivity contribution in [3.63, 3.8) is 0 Å². The van der Waals surface area contributed by atoms with Crippen molar-refractivity contribution >= 4 is 12.0 Å². The topological polar surface area (TPSA) is 93.9 Å². The summed E-state index contributed by atoms with van der Waals surface area (Å²) in [6.07, 6.45) is 1.09. The standard InChI is InChI=1S/C11H15N3O4/c12-5-9-6-13(3-4-18-9)11(17)14(7-10(15)16)8-1-2-8/h8-9H,1-4,6-7H2,(H,15,16). The van der Waals surface area contributed by atoms with E-state index in [0.717, 1.165) is 12.8 Å². The molecular weight excluding hydrogens is 238 g/mol. The van der Waals surface area contributed by atoms with Crippen LogP contribution in [0.3, 0.4) is 0 Å². The number of aliphatic carboxylic acids is 1. The molecule has 1 aliphatic carbocycles. The van der Waals surface area contributed by atoms with Gasteiger partial charge in [-0.1, -0.05) is 0 Å². The summed E-state index contributed by atoms with van der Waals surface area (Å²) in [5.41, 5.74) is 0. The van der Waals surface area contributed by atoms with E-state index in [1.54, 1.807) is 0 Å². The lowest BCUT2D eigenvalue weighted by atomic mass is 10.3. The highest BCUT2D eigenvalue weighted by atomic mass is 16.5. The largest absolute Gasteiger partial charge is 0.480 e. The molecule has 18 heavy (non-hydrogen) atoms. The van der Waals surface area contributed by atoms with Gasteiger partial charge in [-0.2, -0.15) is 5.26 Å². The number of carbonyl (C=O) groups is 2. The molecule has 1 unspecified atom stereocenters. The molecule has 0 aromatic rings. The monoisotopic (exact) mass is 253 g/mol. The first-order valence-electron chi connectivity index (χ1n) is 5.90. The maximum atomic E-state index is 12.2. The minimum Gasteiger partial charge on any atom is -0.480 e. The van der Waals surface area contributed by atoms with Crippen molar-refractivity contribution in [1.29, 1.82) is 5.26 Å². The van der Waals surface area contributed by atoms with E-state index in [-0.39, 0.29) is 25.2 Å². The highest BCUT2D eigenvalue weighted by Gasteiger charge is 2.37. The second-order valence-corrected chi connectivity index (χ2v) is 4.47. The molecule has 1 saturated heterocycles. The molecule has 98 valence electrons. The van der Waals surface area contributed by atoms with Gasteiger partial charge in [-0.15, -0.1) is 0 Å². The van der Waals surface area contributed by atoms with Crippen LogP contribution in [0.15, 0.2) is 0 Å². The molecule has 0 aromatic carbocycles. The lowest BCUT2D eigenvalue weighted by Gasteiger charge is -2.34. The third-order valence-electron chi connectivity index (χ3n) is 3.02. The molecule has 1 N–H and O–H groups in total. The van der Waals surface area contributed by atoms with Crippen molar-refractivity contribution in [3.8, 4) is 6.07 Å². The van der Waals surface area contributed by atoms with E-state index in [2.05, 4.69) is 0 Å². The van der Waals surface area contributed by atoms with Crippen LogP contribution in [0, 0.1) is 11.3 Å². The van der Waals surface area contributed by atoms with Crippen LogP contribution in [0.5, 0.6) is 0 Å². The smallest absolute Gasteiger partial charge is 0.323 e. The van der Waals surface area contributed by atoms with Gasteiger partial charge in [-0.3, -0.25) is 4.79 Å². The summed E-state index contributed by atoms with van der Waals surface area (Å²) in [5, 5.41) is 17.6. The van der Waals surface area contributed by atoms with Crippen molar-refractivity contribution in [3.05, 3.63) is 0 Å². The fourth-order valence-electron chi connectivity index (χ4n) is 1.97. The van der Waals surface area contributed by atoms with E-state index in [4.69, 9.17) is 15.1 Å². The Morgan fingerprint density at radius 1 is 1.50 bits per heavy atom. The maximum absolute atomic E-state index is 12.2. The Balaban J connectivity index is 1.99. The summed E-state index contributed by atoms with van der Waals surface area (Å²) in [6, 6.07) is 1.70.